The second kappa shape index (κ2) is 5.12. The minimum absolute atomic E-state index is 0.188. The molecule has 0 radical (unpaired) electrons. The van der Waals surface area contributed by atoms with Crippen molar-refractivity contribution < 1.29 is 4.79 Å². The minimum atomic E-state index is -0.191. The van der Waals surface area contributed by atoms with Gasteiger partial charge in [0, 0.05) is 6.04 Å². The van der Waals surface area contributed by atoms with Crippen LogP contribution in [0.3, 0.4) is 0 Å². The highest BCUT2D eigenvalue weighted by Crippen LogP contribution is 2.27. The third-order valence-electron chi connectivity index (χ3n) is 3.35. The Labute approximate surface area is 101 Å². The fourth-order valence-electron chi connectivity index (χ4n) is 2.35. The highest BCUT2D eigenvalue weighted by atomic mass is 16.1. The molecule has 5 nitrogen and oxygen atoms in total. The molecule has 2 rings (SSSR count). The summed E-state index contributed by atoms with van der Waals surface area (Å²) in [4.78, 5) is 19.7. The van der Waals surface area contributed by atoms with Gasteiger partial charge in [-0.1, -0.05) is 12.8 Å². The molecule has 1 fully saturated rings. The zero-order chi connectivity index (χ0) is 12.3. The summed E-state index contributed by atoms with van der Waals surface area (Å²) >= 11 is 0. The van der Waals surface area contributed by atoms with Crippen LogP contribution >= 0.6 is 0 Å². The predicted octanol–water partition coefficient (Wildman–Crippen LogP) is 1.37. The molecule has 1 aromatic rings. The monoisotopic (exact) mass is 234 g/mol. The first-order valence-corrected chi connectivity index (χ1v) is 6.05. The zero-order valence-electron chi connectivity index (χ0n) is 10.0. The maximum atomic E-state index is 11.9. The van der Waals surface area contributed by atoms with Gasteiger partial charge in [0.2, 0.25) is 0 Å². The molecule has 0 spiro atoms. The van der Waals surface area contributed by atoms with E-state index in [-0.39, 0.29) is 23.5 Å². The first-order chi connectivity index (χ1) is 8.16. The Bertz CT molecular complexity index is 401. The van der Waals surface area contributed by atoms with Crippen LogP contribution in [0.4, 0.5) is 5.82 Å². The van der Waals surface area contributed by atoms with Crippen molar-refractivity contribution >= 4 is 11.7 Å². The van der Waals surface area contributed by atoms with Crippen molar-refractivity contribution in [2.45, 2.75) is 38.6 Å². The van der Waals surface area contributed by atoms with Crippen LogP contribution in [0.5, 0.6) is 0 Å². The van der Waals surface area contributed by atoms with Gasteiger partial charge in [-0.05, 0) is 25.7 Å². The fraction of sp³-hybridized carbons (Fsp3) is 0.583. The molecule has 1 atom stereocenters. The molecule has 3 N–H and O–H groups in total. The van der Waals surface area contributed by atoms with Gasteiger partial charge in [0.05, 0.1) is 12.4 Å². The highest BCUT2D eigenvalue weighted by Gasteiger charge is 2.23. The number of hydrogen-bond donors (Lipinski definition) is 2. The predicted molar refractivity (Wildman–Crippen MR) is 65.3 cm³/mol. The summed E-state index contributed by atoms with van der Waals surface area (Å²) in [5.41, 5.74) is 5.78. The summed E-state index contributed by atoms with van der Waals surface area (Å²) < 4.78 is 0. The molecule has 0 aromatic carbocycles. The Balaban J connectivity index is 1.96. The normalized spacial score (nSPS) is 17.9. The Hall–Kier alpha value is -1.65. The number of nitrogens with one attached hydrogen (secondary N) is 1. The molecule has 0 saturated heterocycles. The van der Waals surface area contributed by atoms with Crippen molar-refractivity contribution in [2.24, 2.45) is 5.92 Å². The molecule has 92 valence electrons. The van der Waals surface area contributed by atoms with Crippen molar-refractivity contribution in [3.05, 3.63) is 18.1 Å². The SMILES string of the molecule is CC(NC(=O)c1cncc(N)n1)C1CCCC1. The lowest BCUT2D eigenvalue weighted by molar-refractivity contribution is 0.0922. The second-order valence-corrected chi connectivity index (χ2v) is 4.64. The van der Waals surface area contributed by atoms with Crippen LogP contribution in [0, 0.1) is 5.92 Å². The number of anilines is 1. The summed E-state index contributed by atoms with van der Waals surface area (Å²) in [6.07, 6.45) is 7.80. The van der Waals surface area contributed by atoms with Gasteiger partial charge in [-0.2, -0.15) is 0 Å². The average Bonchev–Trinajstić information content (AvgIpc) is 2.82. The van der Waals surface area contributed by atoms with Crippen LogP contribution in [0.25, 0.3) is 0 Å². The summed E-state index contributed by atoms with van der Waals surface area (Å²) in [6.45, 7) is 2.05. The number of carbonyl (C=O) groups is 1. The fourth-order valence-corrected chi connectivity index (χ4v) is 2.35. The van der Waals surface area contributed by atoms with Crippen LogP contribution in [-0.4, -0.2) is 21.9 Å². The van der Waals surface area contributed by atoms with Crippen molar-refractivity contribution in [3.8, 4) is 0 Å². The molecule has 1 saturated carbocycles. The number of nitrogens with two attached hydrogens (primary N) is 1. The summed E-state index contributed by atoms with van der Waals surface area (Å²) in [6, 6.07) is 0.188. The molecule has 1 heterocycles. The molecule has 1 aliphatic rings. The topological polar surface area (TPSA) is 80.9 Å². The molecule has 1 unspecified atom stereocenters. The van der Waals surface area contributed by atoms with Crippen molar-refractivity contribution in [1.82, 2.24) is 15.3 Å². The Kier molecular flexibility index (Phi) is 3.56. The zero-order valence-corrected chi connectivity index (χ0v) is 10.0. The maximum absolute atomic E-state index is 11.9. The summed E-state index contributed by atoms with van der Waals surface area (Å²) in [7, 11) is 0. The van der Waals surface area contributed by atoms with E-state index in [9.17, 15) is 4.79 Å². The number of nitrogens with zero attached hydrogens (tertiary/aromatic N) is 2. The number of rotatable bonds is 3. The van der Waals surface area contributed by atoms with Crippen LogP contribution < -0.4 is 11.1 Å². The number of carbonyl (C=O) groups excluding carboxylic acids is 1. The second-order valence-electron chi connectivity index (χ2n) is 4.64. The first-order valence-electron chi connectivity index (χ1n) is 6.05. The number of hydrogen-bond acceptors (Lipinski definition) is 4. The molecule has 1 aliphatic carbocycles. The lowest BCUT2D eigenvalue weighted by Gasteiger charge is -2.19. The van der Waals surface area contributed by atoms with Gasteiger partial charge in [0.1, 0.15) is 11.5 Å². The van der Waals surface area contributed by atoms with Crippen molar-refractivity contribution in [2.75, 3.05) is 5.73 Å². The van der Waals surface area contributed by atoms with Crippen LogP contribution in [-0.2, 0) is 0 Å². The number of aromatic nitrogens is 2. The van der Waals surface area contributed by atoms with E-state index in [4.69, 9.17) is 5.73 Å². The quantitative estimate of drug-likeness (QED) is 0.827. The van der Waals surface area contributed by atoms with Gasteiger partial charge in [-0.25, -0.2) is 4.98 Å². The van der Waals surface area contributed by atoms with E-state index in [1.54, 1.807) is 0 Å². The van der Waals surface area contributed by atoms with Crippen LogP contribution in [0.1, 0.15) is 43.1 Å². The van der Waals surface area contributed by atoms with E-state index in [1.807, 2.05) is 6.92 Å². The van der Waals surface area contributed by atoms with Crippen LogP contribution in [0.2, 0.25) is 0 Å². The van der Waals surface area contributed by atoms with Crippen molar-refractivity contribution in [3.63, 3.8) is 0 Å². The Morgan fingerprint density at radius 2 is 2.18 bits per heavy atom. The van der Waals surface area contributed by atoms with E-state index in [0.29, 0.717) is 5.92 Å². The largest absolute Gasteiger partial charge is 0.382 e. The molecule has 1 aromatic heterocycles. The maximum Gasteiger partial charge on any atom is 0.271 e. The summed E-state index contributed by atoms with van der Waals surface area (Å²) in [5.74, 6) is 0.670. The van der Waals surface area contributed by atoms with Crippen molar-refractivity contribution in [1.29, 1.82) is 0 Å². The minimum Gasteiger partial charge on any atom is -0.382 e. The van der Waals surface area contributed by atoms with Gasteiger partial charge < -0.3 is 11.1 Å². The summed E-state index contributed by atoms with van der Waals surface area (Å²) in [5, 5.41) is 2.97. The molecule has 0 aliphatic heterocycles. The van der Waals surface area contributed by atoms with Gasteiger partial charge >= 0.3 is 0 Å². The third kappa shape index (κ3) is 2.93. The molecular weight excluding hydrogens is 216 g/mol. The smallest absolute Gasteiger partial charge is 0.271 e. The van der Waals surface area contributed by atoms with Gasteiger partial charge in [0.25, 0.3) is 5.91 Å². The molecule has 5 heteroatoms. The lowest BCUT2D eigenvalue weighted by atomic mass is 10.00. The third-order valence-corrected chi connectivity index (χ3v) is 3.35. The molecule has 17 heavy (non-hydrogen) atoms. The Morgan fingerprint density at radius 3 is 2.82 bits per heavy atom. The number of nitrogen functional groups attached to an aromatic ring is 1. The van der Waals surface area contributed by atoms with Gasteiger partial charge in [-0.15, -0.1) is 0 Å². The molecular formula is C12H18N4O. The molecule has 1 amide bonds. The first kappa shape index (κ1) is 11.8. The Morgan fingerprint density at radius 1 is 1.47 bits per heavy atom. The van der Waals surface area contributed by atoms with E-state index in [0.717, 1.165) is 0 Å². The standard InChI is InChI=1S/C12H18N4O/c1-8(9-4-2-3-5-9)15-12(17)10-6-14-7-11(13)16-10/h6-9H,2-5H2,1H3,(H2,13,16)(H,15,17). The average molecular weight is 234 g/mol. The van der Waals surface area contributed by atoms with Gasteiger partial charge in [0.15, 0.2) is 0 Å². The van der Waals surface area contributed by atoms with E-state index < -0.39 is 0 Å². The van der Waals surface area contributed by atoms with Gasteiger partial charge in [-0.3, -0.25) is 9.78 Å². The highest BCUT2D eigenvalue weighted by molar-refractivity contribution is 5.92. The van der Waals surface area contributed by atoms with Crippen LogP contribution in [0.15, 0.2) is 12.4 Å². The molecule has 0 bridgehead atoms. The number of amides is 1. The van der Waals surface area contributed by atoms with E-state index >= 15 is 0 Å². The van der Waals surface area contributed by atoms with E-state index in [1.165, 1.54) is 38.1 Å². The van der Waals surface area contributed by atoms with E-state index in [2.05, 4.69) is 15.3 Å². The lowest BCUT2D eigenvalue weighted by Crippen LogP contribution is -2.37.